The number of rotatable bonds is 2. The van der Waals surface area contributed by atoms with Gasteiger partial charge in [0.25, 0.3) is 5.91 Å². The van der Waals surface area contributed by atoms with Gasteiger partial charge in [0.2, 0.25) is 0 Å². The van der Waals surface area contributed by atoms with Crippen molar-refractivity contribution >= 4 is 35.3 Å². The predicted octanol–water partition coefficient (Wildman–Crippen LogP) is 3.01. The number of halogens is 1. The quantitative estimate of drug-likeness (QED) is 0.924. The van der Waals surface area contributed by atoms with Crippen molar-refractivity contribution in [2.45, 2.75) is 25.8 Å². The summed E-state index contributed by atoms with van der Waals surface area (Å²) in [6.07, 6.45) is 3.17. The van der Waals surface area contributed by atoms with Crippen molar-refractivity contribution in [2.24, 2.45) is 5.73 Å². The van der Waals surface area contributed by atoms with Gasteiger partial charge in [-0.3, -0.25) is 4.79 Å². The van der Waals surface area contributed by atoms with E-state index in [0.717, 1.165) is 36.5 Å². The van der Waals surface area contributed by atoms with E-state index in [1.54, 1.807) is 5.38 Å². The fourth-order valence-electron chi connectivity index (χ4n) is 2.54. The van der Waals surface area contributed by atoms with Gasteiger partial charge in [0, 0.05) is 24.2 Å². The Kier molecular flexibility index (Phi) is 5.33. The molecule has 0 bridgehead atoms. The maximum Gasteiger partial charge on any atom is 0.277 e. The minimum Gasteiger partial charge on any atom is -0.325 e. The van der Waals surface area contributed by atoms with E-state index in [1.807, 2.05) is 23.1 Å². The highest BCUT2D eigenvalue weighted by Crippen LogP contribution is 2.27. The molecule has 4 nitrogen and oxygen atoms in total. The van der Waals surface area contributed by atoms with Crippen LogP contribution in [-0.4, -0.2) is 17.4 Å². The van der Waals surface area contributed by atoms with Crippen LogP contribution in [0.1, 0.15) is 33.9 Å². The van der Waals surface area contributed by atoms with Crippen LogP contribution in [0.15, 0.2) is 29.6 Å². The number of aromatic nitrogens is 1. The molecule has 21 heavy (non-hydrogen) atoms. The molecule has 1 amide bonds. The Morgan fingerprint density at radius 2 is 2.14 bits per heavy atom. The molecule has 2 N–H and O–H groups in total. The second kappa shape index (κ2) is 7.02. The zero-order valence-corrected chi connectivity index (χ0v) is 13.3. The summed E-state index contributed by atoms with van der Waals surface area (Å²) in [5, 5.41) is 2.61. The molecule has 0 saturated carbocycles. The standard InChI is InChI=1S/C15H17N3OS.ClH/c16-9-14-17-12(10-20-14)15(19)18-8-4-3-6-11-5-1-2-7-13(11)18;/h1-2,5,7,10H,3-4,6,8-9,16H2;1H. The van der Waals surface area contributed by atoms with Crippen LogP contribution in [0, 0.1) is 0 Å². The van der Waals surface area contributed by atoms with Gasteiger partial charge in [-0.25, -0.2) is 4.98 Å². The Bertz CT molecular complexity index is 629. The molecule has 0 unspecified atom stereocenters. The lowest BCUT2D eigenvalue weighted by Gasteiger charge is -2.21. The van der Waals surface area contributed by atoms with Gasteiger partial charge in [-0.15, -0.1) is 23.7 Å². The summed E-state index contributed by atoms with van der Waals surface area (Å²) in [5.74, 6) is -0.0182. The van der Waals surface area contributed by atoms with E-state index < -0.39 is 0 Å². The lowest BCUT2D eigenvalue weighted by atomic mass is 10.1. The molecular formula is C15H18ClN3OS. The van der Waals surface area contributed by atoms with Crippen molar-refractivity contribution in [3.05, 3.63) is 45.9 Å². The van der Waals surface area contributed by atoms with Gasteiger partial charge in [0.15, 0.2) is 0 Å². The van der Waals surface area contributed by atoms with E-state index >= 15 is 0 Å². The van der Waals surface area contributed by atoms with Crippen molar-refractivity contribution in [3.8, 4) is 0 Å². The number of para-hydroxylation sites is 1. The first-order valence-corrected chi connectivity index (χ1v) is 7.72. The van der Waals surface area contributed by atoms with Gasteiger partial charge in [0.1, 0.15) is 10.7 Å². The average molecular weight is 324 g/mol. The van der Waals surface area contributed by atoms with E-state index in [4.69, 9.17) is 5.73 Å². The molecule has 6 heteroatoms. The Labute approximate surface area is 134 Å². The van der Waals surface area contributed by atoms with E-state index in [0.29, 0.717) is 12.2 Å². The number of carbonyl (C=O) groups is 1. The molecule has 0 spiro atoms. The second-order valence-electron chi connectivity index (χ2n) is 4.87. The lowest BCUT2D eigenvalue weighted by molar-refractivity contribution is 0.0982. The van der Waals surface area contributed by atoms with Gasteiger partial charge in [-0.2, -0.15) is 0 Å². The highest BCUT2D eigenvalue weighted by atomic mass is 35.5. The fourth-order valence-corrected chi connectivity index (χ4v) is 3.19. The topological polar surface area (TPSA) is 59.2 Å². The molecular weight excluding hydrogens is 306 g/mol. The Hall–Kier alpha value is -1.43. The summed E-state index contributed by atoms with van der Waals surface area (Å²) in [6.45, 7) is 1.14. The van der Waals surface area contributed by atoms with Crippen molar-refractivity contribution in [3.63, 3.8) is 0 Å². The number of amides is 1. The molecule has 0 saturated heterocycles. The summed E-state index contributed by atoms with van der Waals surface area (Å²) in [5.41, 5.74) is 8.34. The first-order chi connectivity index (χ1) is 9.79. The number of benzene rings is 1. The van der Waals surface area contributed by atoms with Crippen LogP contribution in [0.25, 0.3) is 0 Å². The monoisotopic (exact) mass is 323 g/mol. The van der Waals surface area contributed by atoms with Crippen molar-refractivity contribution in [1.29, 1.82) is 0 Å². The van der Waals surface area contributed by atoms with E-state index in [1.165, 1.54) is 16.9 Å². The van der Waals surface area contributed by atoms with Crippen molar-refractivity contribution < 1.29 is 4.79 Å². The number of hydrogen-bond acceptors (Lipinski definition) is 4. The van der Waals surface area contributed by atoms with Crippen LogP contribution in [0.5, 0.6) is 0 Å². The molecule has 2 aromatic rings. The van der Waals surface area contributed by atoms with Gasteiger partial charge < -0.3 is 10.6 Å². The normalized spacial score (nSPS) is 14.0. The molecule has 2 heterocycles. The zero-order chi connectivity index (χ0) is 13.9. The summed E-state index contributed by atoms with van der Waals surface area (Å²) < 4.78 is 0. The highest BCUT2D eigenvalue weighted by Gasteiger charge is 2.23. The number of nitrogens with two attached hydrogens (primary N) is 1. The molecule has 3 rings (SSSR count). The van der Waals surface area contributed by atoms with Crippen molar-refractivity contribution in [1.82, 2.24) is 4.98 Å². The number of aryl methyl sites for hydroxylation is 1. The SMILES string of the molecule is Cl.NCc1nc(C(=O)N2CCCCc3ccccc32)cs1. The minimum absolute atomic E-state index is 0. The molecule has 1 aromatic carbocycles. The number of fused-ring (bicyclic) bond motifs is 1. The van der Waals surface area contributed by atoms with E-state index in [9.17, 15) is 4.79 Å². The summed E-state index contributed by atoms with van der Waals surface area (Å²) in [6, 6.07) is 8.14. The largest absolute Gasteiger partial charge is 0.325 e. The molecule has 0 fully saturated rings. The second-order valence-corrected chi connectivity index (χ2v) is 5.82. The fraction of sp³-hybridized carbons (Fsp3) is 0.333. The minimum atomic E-state index is -0.0182. The smallest absolute Gasteiger partial charge is 0.277 e. The van der Waals surface area contributed by atoms with Crippen LogP contribution in [0.3, 0.4) is 0 Å². The number of hydrogen-bond donors (Lipinski definition) is 1. The van der Waals surface area contributed by atoms with E-state index in [2.05, 4.69) is 11.1 Å². The average Bonchev–Trinajstić information content (AvgIpc) is 2.86. The summed E-state index contributed by atoms with van der Waals surface area (Å²) in [7, 11) is 0. The number of carbonyl (C=O) groups excluding carboxylic acids is 1. The molecule has 1 aliphatic rings. The Balaban J connectivity index is 0.00000161. The van der Waals surface area contributed by atoms with Crippen LogP contribution in [0.4, 0.5) is 5.69 Å². The Morgan fingerprint density at radius 3 is 2.90 bits per heavy atom. The molecule has 0 aliphatic carbocycles. The molecule has 1 aliphatic heterocycles. The van der Waals surface area contributed by atoms with Gasteiger partial charge >= 0.3 is 0 Å². The maximum absolute atomic E-state index is 12.7. The molecule has 1 aromatic heterocycles. The molecule has 112 valence electrons. The van der Waals surface area contributed by atoms with Crippen LogP contribution in [0.2, 0.25) is 0 Å². The first-order valence-electron chi connectivity index (χ1n) is 6.84. The molecule has 0 atom stereocenters. The van der Waals surface area contributed by atoms with Crippen LogP contribution >= 0.6 is 23.7 Å². The highest BCUT2D eigenvalue weighted by molar-refractivity contribution is 7.09. The zero-order valence-electron chi connectivity index (χ0n) is 11.6. The maximum atomic E-state index is 12.7. The third-order valence-corrected chi connectivity index (χ3v) is 4.42. The summed E-state index contributed by atoms with van der Waals surface area (Å²) >= 11 is 1.44. The van der Waals surface area contributed by atoms with E-state index in [-0.39, 0.29) is 18.3 Å². The Morgan fingerprint density at radius 1 is 1.33 bits per heavy atom. The summed E-state index contributed by atoms with van der Waals surface area (Å²) in [4.78, 5) is 18.8. The van der Waals surface area contributed by atoms with Crippen molar-refractivity contribution in [2.75, 3.05) is 11.4 Å². The number of thiazole rings is 1. The lowest BCUT2D eigenvalue weighted by Crippen LogP contribution is -2.32. The number of anilines is 1. The predicted molar refractivity (Wildman–Crippen MR) is 88.3 cm³/mol. The van der Waals surface area contributed by atoms with Gasteiger partial charge in [-0.05, 0) is 30.9 Å². The third kappa shape index (κ3) is 3.26. The molecule has 0 radical (unpaired) electrons. The van der Waals surface area contributed by atoms with Crippen LogP contribution in [-0.2, 0) is 13.0 Å². The number of nitrogens with zero attached hydrogens (tertiary/aromatic N) is 2. The third-order valence-electron chi connectivity index (χ3n) is 3.55. The van der Waals surface area contributed by atoms with Crippen LogP contribution < -0.4 is 10.6 Å². The van der Waals surface area contributed by atoms with Gasteiger partial charge in [-0.1, -0.05) is 18.2 Å². The first kappa shape index (κ1) is 15.9. The van der Waals surface area contributed by atoms with Gasteiger partial charge in [0.05, 0.1) is 0 Å².